The molecule has 0 fully saturated rings. The van der Waals surface area contributed by atoms with Gasteiger partial charge in [-0.2, -0.15) is 0 Å². The molecule has 0 aliphatic heterocycles. The molecule has 3 aromatic rings. The van der Waals surface area contributed by atoms with Gasteiger partial charge in [-0.1, -0.05) is 12.1 Å². The summed E-state index contributed by atoms with van der Waals surface area (Å²) in [5.74, 6) is 0.117. The number of hydrogen-bond acceptors (Lipinski definition) is 5. The quantitative estimate of drug-likeness (QED) is 0.370. The van der Waals surface area contributed by atoms with E-state index in [1.165, 1.54) is 4.90 Å². The molecule has 0 aliphatic carbocycles. The minimum atomic E-state index is -0.984. The fraction of sp³-hybridized carbons (Fsp3) is 0.346. The first kappa shape index (κ1) is 22.6. The van der Waals surface area contributed by atoms with Crippen molar-refractivity contribution >= 4 is 11.9 Å². The van der Waals surface area contributed by atoms with Crippen molar-refractivity contribution in [1.82, 2.24) is 9.88 Å². The Hall–Kier alpha value is -3.61. The zero-order valence-electron chi connectivity index (χ0n) is 19.9. The number of aromatic nitrogens is 1. The van der Waals surface area contributed by atoms with E-state index in [-0.39, 0.29) is 18.4 Å². The lowest BCUT2D eigenvalue weighted by molar-refractivity contribution is -0.137. The van der Waals surface area contributed by atoms with Crippen LogP contribution in [-0.4, -0.2) is 39.5 Å². The molecule has 0 bridgehead atoms. The molecule has 0 saturated heterocycles. The molecule has 2 aromatic heterocycles. The molecule has 1 atom stereocenters. The van der Waals surface area contributed by atoms with Gasteiger partial charge in [0.15, 0.2) is 0 Å². The van der Waals surface area contributed by atoms with E-state index in [1.54, 1.807) is 36.9 Å². The summed E-state index contributed by atoms with van der Waals surface area (Å²) in [5, 5.41) is 8.73. The molecular formula is C26H30N2O5. The Bertz CT molecular complexity index is 1070. The van der Waals surface area contributed by atoms with Crippen molar-refractivity contribution in [1.29, 1.82) is 0 Å². The highest BCUT2D eigenvalue weighted by Gasteiger charge is 2.21. The Labute approximate surface area is 195 Å². The molecule has 174 valence electrons. The fourth-order valence-corrected chi connectivity index (χ4v) is 3.32. The van der Waals surface area contributed by atoms with Crippen molar-refractivity contribution in [2.24, 2.45) is 0 Å². The van der Waals surface area contributed by atoms with Gasteiger partial charge in [0, 0.05) is 35.3 Å². The van der Waals surface area contributed by atoms with Gasteiger partial charge < -0.3 is 19.2 Å². The topological polar surface area (TPSA) is 92.9 Å². The largest absolute Gasteiger partial charge is 0.492 e. The number of benzene rings is 1. The summed E-state index contributed by atoms with van der Waals surface area (Å²) in [4.78, 5) is 29.6. The van der Waals surface area contributed by atoms with Crippen LogP contribution in [-0.2, 0) is 11.3 Å². The number of furan rings is 1. The number of carbonyl (C=O) groups excluding carboxylic acids is 1. The van der Waals surface area contributed by atoms with Crippen LogP contribution in [0.5, 0.6) is 5.75 Å². The van der Waals surface area contributed by atoms with Gasteiger partial charge in [-0.05, 0) is 63.4 Å². The number of pyridine rings is 1. The summed E-state index contributed by atoms with van der Waals surface area (Å²) in [7, 11) is 0. The third kappa shape index (κ3) is 6.94. The highest BCUT2D eigenvalue weighted by molar-refractivity contribution is 5.94. The normalized spacial score (nSPS) is 12.3. The van der Waals surface area contributed by atoms with Gasteiger partial charge >= 0.3 is 5.97 Å². The first-order valence-corrected chi connectivity index (χ1v) is 11.1. The molecule has 33 heavy (non-hydrogen) atoms. The predicted molar refractivity (Wildman–Crippen MR) is 125 cm³/mol. The Balaban J connectivity index is 1.71. The van der Waals surface area contributed by atoms with Crippen molar-refractivity contribution in [2.75, 3.05) is 6.61 Å². The van der Waals surface area contributed by atoms with Gasteiger partial charge in [0.2, 0.25) is 0 Å². The molecule has 7 heteroatoms. The van der Waals surface area contributed by atoms with E-state index >= 15 is 0 Å². The number of ether oxygens (including phenoxy) is 1. The fourth-order valence-electron chi connectivity index (χ4n) is 3.32. The molecule has 2 heterocycles. The Morgan fingerprint density at radius 1 is 1.15 bits per heavy atom. The van der Waals surface area contributed by atoms with E-state index in [0.717, 1.165) is 17.7 Å². The van der Waals surface area contributed by atoms with Gasteiger partial charge in [-0.25, -0.2) is 0 Å². The van der Waals surface area contributed by atoms with Crippen molar-refractivity contribution in [3.63, 3.8) is 0 Å². The van der Waals surface area contributed by atoms with Gasteiger partial charge in [-0.15, -0.1) is 0 Å². The van der Waals surface area contributed by atoms with E-state index in [1.807, 2.05) is 38.1 Å². The first-order valence-electron chi connectivity index (χ1n) is 11.6. The molecule has 0 radical (unpaired) electrons. The smallest absolute Gasteiger partial charge is 0.303 e. The summed E-state index contributed by atoms with van der Waals surface area (Å²) >= 11 is 0. The summed E-state index contributed by atoms with van der Waals surface area (Å²) in [6.45, 7) is 3.15. The molecular weight excluding hydrogens is 420 g/mol. The van der Waals surface area contributed by atoms with Gasteiger partial charge in [0.1, 0.15) is 11.5 Å². The summed E-state index contributed by atoms with van der Waals surface area (Å²) in [6.07, 6.45) is 6.89. The average molecular weight is 452 g/mol. The zero-order chi connectivity index (χ0) is 24.5. The third-order valence-corrected chi connectivity index (χ3v) is 5.12. The average Bonchev–Trinajstić information content (AvgIpc) is 3.36. The first-order chi connectivity index (χ1) is 16.4. The lowest BCUT2D eigenvalue weighted by atomic mass is 10.1. The molecule has 0 saturated carbocycles. The monoisotopic (exact) mass is 451 g/mol. The second kappa shape index (κ2) is 11.9. The second-order valence-electron chi connectivity index (χ2n) is 7.96. The molecule has 1 amide bonds. The van der Waals surface area contributed by atoms with Crippen LogP contribution in [0.2, 0.25) is 0 Å². The summed E-state index contributed by atoms with van der Waals surface area (Å²) in [6, 6.07) is 12.3. The molecule has 1 N–H and O–H groups in total. The number of rotatable bonds is 12. The van der Waals surface area contributed by atoms with Crippen LogP contribution < -0.4 is 4.74 Å². The van der Waals surface area contributed by atoms with Crippen molar-refractivity contribution < 1.29 is 25.2 Å². The van der Waals surface area contributed by atoms with Crippen LogP contribution in [0.4, 0.5) is 0 Å². The number of carboxylic acid groups (broad SMARTS) is 1. The SMILES string of the molecule is [2H]C(c1ccncc1OCCCCCC(=O)O)N(C(=O)c1ccc(-c2ccco2)cc1)C(C)C. The van der Waals surface area contributed by atoms with E-state index in [2.05, 4.69) is 4.98 Å². The van der Waals surface area contributed by atoms with Crippen molar-refractivity contribution in [2.45, 2.75) is 52.1 Å². The zero-order valence-corrected chi connectivity index (χ0v) is 18.9. The Kier molecular flexibility index (Phi) is 8.11. The van der Waals surface area contributed by atoms with E-state index in [0.29, 0.717) is 36.3 Å². The van der Waals surface area contributed by atoms with Crippen molar-refractivity contribution in [3.8, 4) is 17.1 Å². The minimum Gasteiger partial charge on any atom is -0.492 e. The van der Waals surface area contributed by atoms with Crippen molar-refractivity contribution in [3.05, 3.63) is 72.2 Å². The van der Waals surface area contributed by atoms with Crippen LogP contribution in [0.3, 0.4) is 0 Å². The lowest BCUT2D eigenvalue weighted by Gasteiger charge is -2.28. The maximum absolute atomic E-state index is 13.4. The summed E-state index contributed by atoms with van der Waals surface area (Å²) < 4.78 is 20.2. The summed E-state index contributed by atoms with van der Waals surface area (Å²) in [5.41, 5.74) is 1.90. The number of carbonyl (C=O) groups is 2. The van der Waals surface area contributed by atoms with Crippen LogP contribution in [0.1, 0.15) is 56.8 Å². The molecule has 7 nitrogen and oxygen atoms in total. The maximum Gasteiger partial charge on any atom is 0.303 e. The lowest BCUT2D eigenvalue weighted by Crippen LogP contribution is -2.36. The van der Waals surface area contributed by atoms with Crippen LogP contribution >= 0.6 is 0 Å². The molecule has 1 unspecified atom stereocenters. The predicted octanol–water partition coefficient (Wildman–Crippen LogP) is 5.42. The highest BCUT2D eigenvalue weighted by Crippen LogP contribution is 2.24. The number of aliphatic carboxylic acids is 1. The highest BCUT2D eigenvalue weighted by atomic mass is 16.5. The maximum atomic E-state index is 13.4. The molecule has 1 aromatic carbocycles. The van der Waals surface area contributed by atoms with Gasteiger partial charge in [-0.3, -0.25) is 14.6 Å². The van der Waals surface area contributed by atoms with E-state index in [4.69, 9.17) is 15.6 Å². The third-order valence-electron chi connectivity index (χ3n) is 5.12. The number of carboxylic acids is 1. The Morgan fingerprint density at radius 2 is 1.94 bits per heavy atom. The van der Waals surface area contributed by atoms with E-state index < -0.39 is 12.5 Å². The molecule has 0 aliphatic rings. The van der Waals surface area contributed by atoms with Crippen LogP contribution in [0.15, 0.2) is 65.5 Å². The minimum absolute atomic E-state index is 0.140. The second-order valence-corrected chi connectivity index (χ2v) is 7.96. The number of amides is 1. The number of unbranched alkanes of at least 4 members (excludes halogenated alkanes) is 2. The van der Waals surface area contributed by atoms with Gasteiger partial charge in [0.25, 0.3) is 5.91 Å². The molecule has 3 rings (SSSR count). The molecule has 0 spiro atoms. The van der Waals surface area contributed by atoms with Crippen LogP contribution in [0.25, 0.3) is 11.3 Å². The number of hydrogen-bond donors (Lipinski definition) is 1. The van der Waals surface area contributed by atoms with Crippen LogP contribution in [0, 0.1) is 0 Å². The van der Waals surface area contributed by atoms with E-state index in [9.17, 15) is 9.59 Å². The van der Waals surface area contributed by atoms with Gasteiger partial charge in [0.05, 0.1) is 27.0 Å². The number of nitrogens with zero attached hydrogens (tertiary/aromatic N) is 2. The standard InChI is InChI=1S/C26H30N2O5/c1-19(2)28(26(31)21-11-9-20(10-12-21)23-7-6-16-32-23)18-22-13-14-27-17-24(22)33-15-5-3-4-8-25(29)30/h6-7,9-14,16-17,19H,3-5,8,15,18H2,1-2H3,(H,29,30)/i18D. The Morgan fingerprint density at radius 3 is 2.61 bits per heavy atom.